The molecule has 0 aliphatic rings. The highest BCUT2D eigenvalue weighted by Gasteiger charge is 2.16. The van der Waals surface area contributed by atoms with Gasteiger partial charge in [0.1, 0.15) is 0 Å². The third kappa shape index (κ3) is 4.72. The van der Waals surface area contributed by atoms with Crippen LogP contribution in [0.25, 0.3) is 0 Å². The summed E-state index contributed by atoms with van der Waals surface area (Å²) >= 11 is 1.57. The maximum atomic E-state index is 11.8. The van der Waals surface area contributed by atoms with Gasteiger partial charge in [-0.25, -0.2) is 0 Å². The van der Waals surface area contributed by atoms with E-state index >= 15 is 0 Å². The van der Waals surface area contributed by atoms with Gasteiger partial charge in [-0.05, 0) is 25.5 Å². The Morgan fingerprint density at radius 3 is 2.71 bits per heavy atom. The van der Waals surface area contributed by atoms with Crippen molar-refractivity contribution in [3.63, 3.8) is 0 Å². The first-order chi connectivity index (χ1) is 7.95. The smallest absolute Gasteiger partial charge is 0.279 e. The lowest BCUT2D eigenvalue weighted by atomic mass is 10.4. The number of rotatable bonds is 7. The van der Waals surface area contributed by atoms with Gasteiger partial charge < -0.3 is 5.11 Å². The number of hydrogen-bond donors (Lipinski definition) is 2. The molecule has 1 rings (SSSR count). The Hall–Kier alpha value is -0.470. The van der Waals surface area contributed by atoms with E-state index < -0.39 is 10.2 Å². The Morgan fingerprint density at radius 1 is 1.47 bits per heavy atom. The quantitative estimate of drug-likeness (QED) is 0.771. The fourth-order valence-corrected chi connectivity index (χ4v) is 3.12. The number of aliphatic hydroxyl groups is 1. The van der Waals surface area contributed by atoms with Crippen LogP contribution in [0.15, 0.2) is 12.1 Å². The third-order valence-electron chi connectivity index (χ3n) is 2.27. The zero-order valence-electron chi connectivity index (χ0n) is 10.0. The Kier molecular flexibility index (Phi) is 5.54. The van der Waals surface area contributed by atoms with Crippen LogP contribution >= 0.6 is 11.3 Å². The molecule has 0 unspecified atom stereocenters. The highest BCUT2D eigenvalue weighted by molar-refractivity contribution is 7.87. The summed E-state index contributed by atoms with van der Waals surface area (Å²) < 4.78 is 27.2. The van der Waals surface area contributed by atoms with Crippen LogP contribution < -0.4 is 4.72 Å². The summed E-state index contributed by atoms with van der Waals surface area (Å²) in [5.74, 6) is 0. The molecule has 0 saturated heterocycles. The summed E-state index contributed by atoms with van der Waals surface area (Å²) in [4.78, 5) is 2.15. The van der Waals surface area contributed by atoms with Crippen molar-refractivity contribution < 1.29 is 13.5 Å². The van der Waals surface area contributed by atoms with Crippen molar-refractivity contribution in [2.45, 2.75) is 19.9 Å². The molecule has 0 spiro atoms. The first kappa shape index (κ1) is 14.6. The predicted octanol–water partition coefficient (Wildman–Crippen LogP) is 0.705. The number of nitrogens with one attached hydrogen (secondary N) is 1. The molecule has 0 bridgehead atoms. The standard InChI is InChI=1S/C10H18N2O3S2/c1-9-4-5-10(16-9)8-11-17(14,15)12(2)6-3-7-13/h4-5,11,13H,3,6-8H2,1-2H3. The Bertz CT molecular complexity index is 442. The van der Waals surface area contributed by atoms with Gasteiger partial charge in [0.15, 0.2) is 0 Å². The van der Waals surface area contributed by atoms with E-state index in [-0.39, 0.29) is 6.61 Å². The Balaban J connectivity index is 2.49. The van der Waals surface area contributed by atoms with Crippen LogP contribution in [0.4, 0.5) is 0 Å². The summed E-state index contributed by atoms with van der Waals surface area (Å²) in [6.07, 6.45) is 0.440. The maximum Gasteiger partial charge on any atom is 0.279 e. The van der Waals surface area contributed by atoms with Gasteiger partial charge in [0.25, 0.3) is 10.2 Å². The second-order valence-corrected chi connectivity index (χ2v) is 6.97. The minimum absolute atomic E-state index is 0.00994. The van der Waals surface area contributed by atoms with E-state index in [1.165, 1.54) is 11.4 Å². The highest BCUT2D eigenvalue weighted by atomic mass is 32.2. The van der Waals surface area contributed by atoms with Crippen molar-refractivity contribution in [2.24, 2.45) is 0 Å². The normalized spacial score (nSPS) is 12.2. The Morgan fingerprint density at radius 2 is 2.18 bits per heavy atom. The van der Waals surface area contributed by atoms with Crippen LogP contribution in [0.1, 0.15) is 16.2 Å². The Labute approximate surface area is 106 Å². The largest absolute Gasteiger partial charge is 0.396 e. The van der Waals surface area contributed by atoms with Crippen molar-refractivity contribution >= 4 is 21.5 Å². The fraction of sp³-hybridized carbons (Fsp3) is 0.600. The zero-order valence-corrected chi connectivity index (χ0v) is 11.6. The van der Waals surface area contributed by atoms with E-state index in [0.717, 1.165) is 9.75 Å². The monoisotopic (exact) mass is 278 g/mol. The molecule has 5 nitrogen and oxygen atoms in total. The van der Waals surface area contributed by atoms with E-state index in [1.54, 1.807) is 11.3 Å². The topological polar surface area (TPSA) is 69.6 Å². The summed E-state index contributed by atoms with van der Waals surface area (Å²) in [5, 5.41) is 8.65. The van der Waals surface area contributed by atoms with Gasteiger partial charge in [-0.2, -0.15) is 17.4 Å². The van der Waals surface area contributed by atoms with Crippen LogP contribution in [0.5, 0.6) is 0 Å². The number of aryl methyl sites for hydroxylation is 1. The van der Waals surface area contributed by atoms with Gasteiger partial charge >= 0.3 is 0 Å². The molecule has 1 aromatic rings. The fourth-order valence-electron chi connectivity index (χ4n) is 1.27. The van der Waals surface area contributed by atoms with Crippen molar-refractivity contribution in [1.82, 2.24) is 9.03 Å². The summed E-state index contributed by atoms with van der Waals surface area (Å²) in [6.45, 7) is 2.60. The van der Waals surface area contributed by atoms with E-state index in [4.69, 9.17) is 5.11 Å². The van der Waals surface area contributed by atoms with E-state index in [0.29, 0.717) is 19.5 Å². The molecule has 1 aromatic heterocycles. The molecule has 0 fully saturated rings. The first-order valence-corrected chi connectivity index (χ1v) is 7.58. The molecule has 0 amide bonds. The molecule has 98 valence electrons. The number of aliphatic hydroxyl groups excluding tert-OH is 1. The lowest BCUT2D eigenvalue weighted by Gasteiger charge is -2.16. The number of nitrogens with zero attached hydrogens (tertiary/aromatic N) is 1. The van der Waals surface area contributed by atoms with Gasteiger partial charge in [-0.1, -0.05) is 0 Å². The first-order valence-electron chi connectivity index (χ1n) is 5.33. The van der Waals surface area contributed by atoms with Gasteiger partial charge in [-0.15, -0.1) is 11.3 Å². The molecule has 1 heterocycles. The molecular formula is C10H18N2O3S2. The van der Waals surface area contributed by atoms with E-state index in [2.05, 4.69) is 4.72 Å². The van der Waals surface area contributed by atoms with Gasteiger partial charge in [0.05, 0.1) is 0 Å². The average Bonchev–Trinajstić information content (AvgIpc) is 2.69. The minimum Gasteiger partial charge on any atom is -0.396 e. The van der Waals surface area contributed by atoms with Crippen LogP contribution in [-0.4, -0.2) is 38.0 Å². The van der Waals surface area contributed by atoms with Crippen LogP contribution in [0.3, 0.4) is 0 Å². The molecule has 0 aliphatic heterocycles. The summed E-state index contributed by atoms with van der Waals surface area (Å²) in [6, 6.07) is 3.88. The van der Waals surface area contributed by atoms with Crippen molar-refractivity contribution in [2.75, 3.05) is 20.2 Å². The highest BCUT2D eigenvalue weighted by Crippen LogP contribution is 2.14. The van der Waals surface area contributed by atoms with Crippen molar-refractivity contribution in [3.05, 3.63) is 21.9 Å². The second-order valence-electron chi connectivity index (χ2n) is 3.74. The van der Waals surface area contributed by atoms with Gasteiger partial charge in [-0.3, -0.25) is 0 Å². The SMILES string of the molecule is Cc1ccc(CNS(=O)(=O)N(C)CCCO)s1. The van der Waals surface area contributed by atoms with Gasteiger partial charge in [0.2, 0.25) is 0 Å². The maximum absolute atomic E-state index is 11.8. The van der Waals surface area contributed by atoms with Crippen LogP contribution in [-0.2, 0) is 16.8 Å². The molecule has 0 aromatic carbocycles. The second kappa shape index (κ2) is 6.46. The summed E-state index contributed by atoms with van der Waals surface area (Å²) in [7, 11) is -1.94. The predicted molar refractivity (Wildman–Crippen MR) is 69.1 cm³/mol. The summed E-state index contributed by atoms with van der Waals surface area (Å²) in [5.41, 5.74) is 0. The minimum atomic E-state index is -3.44. The molecular weight excluding hydrogens is 260 g/mol. The van der Waals surface area contributed by atoms with Crippen molar-refractivity contribution in [1.29, 1.82) is 0 Å². The third-order valence-corrected chi connectivity index (χ3v) is 4.78. The molecule has 0 aliphatic carbocycles. The number of thiophene rings is 1. The lowest BCUT2D eigenvalue weighted by Crippen LogP contribution is -2.38. The molecule has 7 heteroatoms. The van der Waals surface area contributed by atoms with Gasteiger partial charge in [0, 0.05) is 36.5 Å². The van der Waals surface area contributed by atoms with Crippen LogP contribution in [0.2, 0.25) is 0 Å². The van der Waals surface area contributed by atoms with Crippen molar-refractivity contribution in [3.8, 4) is 0 Å². The molecule has 0 radical (unpaired) electrons. The van der Waals surface area contributed by atoms with E-state index in [9.17, 15) is 8.42 Å². The molecule has 2 N–H and O–H groups in total. The molecule has 0 atom stereocenters. The van der Waals surface area contributed by atoms with Crippen LogP contribution in [0, 0.1) is 6.92 Å². The number of hydrogen-bond acceptors (Lipinski definition) is 4. The average molecular weight is 278 g/mol. The van der Waals surface area contributed by atoms with E-state index in [1.807, 2.05) is 19.1 Å². The zero-order chi connectivity index (χ0) is 12.9. The molecule has 17 heavy (non-hydrogen) atoms. The lowest BCUT2D eigenvalue weighted by molar-refractivity contribution is 0.275. The molecule has 0 saturated carbocycles.